The van der Waals surface area contributed by atoms with Crippen LogP contribution in [0.25, 0.3) is 0 Å². The summed E-state index contributed by atoms with van der Waals surface area (Å²) < 4.78 is 5.41. The Morgan fingerprint density at radius 1 is 1.24 bits per heavy atom. The Morgan fingerprint density at radius 2 is 1.71 bits per heavy atom. The highest BCUT2D eigenvalue weighted by atomic mass is 79.9. The second-order valence-electron chi connectivity index (χ2n) is 5.24. The number of carbonyl (C=O) groups excluding carboxylic acids is 1. The Morgan fingerprint density at radius 3 is 2.06 bits per heavy atom. The number of ether oxygens (including phenoxy) is 1. The maximum absolute atomic E-state index is 12.1. The van der Waals surface area contributed by atoms with Gasteiger partial charge in [-0.1, -0.05) is 28.1 Å². The Labute approximate surface area is 111 Å². The summed E-state index contributed by atoms with van der Waals surface area (Å²) in [7, 11) is 0. The molecule has 0 saturated carbocycles. The van der Waals surface area contributed by atoms with Crippen LogP contribution in [0.5, 0.6) is 0 Å². The Bertz CT molecular complexity index is 407. The summed E-state index contributed by atoms with van der Waals surface area (Å²) in [6.07, 6.45) is 0. The molecule has 0 amide bonds. The van der Waals surface area contributed by atoms with E-state index in [1.165, 1.54) is 5.56 Å². The van der Waals surface area contributed by atoms with Crippen LogP contribution in [0.3, 0.4) is 0 Å². The van der Waals surface area contributed by atoms with Crippen molar-refractivity contribution in [2.45, 2.75) is 45.5 Å². The highest BCUT2D eigenvalue weighted by molar-refractivity contribution is 9.08. The van der Waals surface area contributed by atoms with Crippen molar-refractivity contribution in [1.29, 1.82) is 0 Å². The number of esters is 1. The van der Waals surface area contributed by atoms with Crippen LogP contribution in [0.2, 0.25) is 0 Å². The summed E-state index contributed by atoms with van der Waals surface area (Å²) in [5, 5.41) is 0.795. The summed E-state index contributed by atoms with van der Waals surface area (Å²) in [5.74, 6) is -0.242. The van der Waals surface area contributed by atoms with E-state index >= 15 is 0 Å². The van der Waals surface area contributed by atoms with Crippen LogP contribution >= 0.6 is 15.9 Å². The van der Waals surface area contributed by atoms with Gasteiger partial charge in [0.25, 0.3) is 0 Å². The number of aryl methyl sites for hydroxylation is 2. The van der Waals surface area contributed by atoms with Gasteiger partial charge in [-0.25, -0.2) is 4.79 Å². The number of rotatable bonds is 2. The molecule has 2 nitrogen and oxygen atoms in total. The predicted octanol–water partition coefficient (Wildman–Crippen LogP) is 4.15. The molecule has 17 heavy (non-hydrogen) atoms. The Hall–Kier alpha value is -0.830. The van der Waals surface area contributed by atoms with E-state index in [0.29, 0.717) is 5.56 Å². The third-order valence-corrected chi connectivity index (χ3v) is 3.00. The zero-order chi connectivity index (χ0) is 13.2. The lowest BCUT2D eigenvalue weighted by Gasteiger charge is -2.21. The summed E-state index contributed by atoms with van der Waals surface area (Å²) in [4.78, 5) is 12.1. The number of benzene rings is 1. The smallest absolute Gasteiger partial charge is 0.339 e. The van der Waals surface area contributed by atoms with Gasteiger partial charge in [0.05, 0.1) is 5.56 Å². The van der Waals surface area contributed by atoms with Crippen LogP contribution < -0.4 is 0 Å². The van der Waals surface area contributed by atoms with Crippen molar-refractivity contribution in [2.24, 2.45) is 0 Å². The average molecular weight is 299 g/mol. The first-order valence-corrected chi connectivity index (χ1v) is 6.76. The topological polar surface area (TPSA) is 26.3 Å². The fourth-order valence-electron chi connectivity index (χ4n) is 1.78. The van der Waals surface area contributed by atoms with E-state index in [2.05, 4.69) is 15.9 Å². The SMILES string of the molecule is Cc1cc(CBr)cc(C)c1C(=O)OC(C)(C)C. The van der Waals surface area contributed by atoms with Crippen LogP contribution in [-0.2, 0) is 10.1 Å². The number of hydrogen-bond donors (Lipinski definition) is 0. The van der Waals surface area contributed by atoms with Gasteiger partial charge < -0.3 is 4.74 Å². The van der Waals surface area contributed by atoms with Gasteiger partial charge in [0.15, 0.2) is 0 Å². The maximum Gasteiger partial charge on any atom is 0.339 e. The zero-order valence-corrected chi connectivity index (χ0v) is 12.6. The van der Waals surface area contributed by atoms with Crippen LogP contribution in [-0.4, -0.2) is 11.6 Å². The van der Waals surface area contributed by atoms with Crippen molar-refractivity contribution in [2.75, 3.05) is 0 Å². The lowest BCUT2D eigenvalue weighted by Crippen LogP contribution is -2.25. The lowest BCUT2D eigenvalue weighted by atomic mass is 10.00. The molecule has 0 atom stereocenters. The zero-order valence-electron chi connectivity index (χ0n) is 11.1. The van der Waals surface area contributed by atoms with Gasteiger partial charge in [-0.05, 0) is 51.3 Å². The van der Waals surface area contributed by atoms with E-state index in [4.69, 9.17) is 4.74 Å². The second-order valence-corrected chi connectivity index (χ2v) is 5.80. The van der Waals surface area contributed by atoms with Crippen molar-refractivity contribution in [3.8, 4) is 0 Å². The molecule has 0 fully saturated rings. The molecule has 0 radical (unpaired) electrons. The molecule has 0 unspecified atom stereocenters. The number of halogens is 1. The van der Waals surface area contributed by atoms with Crippen molar-refractivity contribution < 1.29 is 9.53 Å². The monoisotopic (exact) mass is 298 g/mol. The molecule has 0 aliphatic rings. The van der Waals surface area contributed by atoms with E-state index in [1.807, 2.05) is 46.8 Å². The number of alkyl halides is 1. The molecular formula is C14H19BrO2. The minimum absolute atomic E-state index is 0.242. The third kappa shape index (κ3) is 3.84. The molecule has 0 spiro atoms. The summed E-state index contributed by atoms with van der Waals surface area (Å²) in [6, 6.07) is 4.03. The molecule has 94 valence electrons. The summed E-state index contributed by atoms with van der Waals surface area (Å²) >= 11 is 3.42. The third-order valence-electron chi connectivity index (χ3n) is 2.35. The van der Waals surface area contributed by atoms with Gasteiger partial charge in [-0.3, -0.25) is 0 Å². The van der Waals surface area contributed by atoms with Crippen molar-refractivity contribution in [3.63, 3.8) is 0 Å². The minimum Gasteiger partial charge on any atom is -0.456 e. The molecule has 0 saturated heterocycles. The first-order valence-electron chi connectivity index (χ1n) is 5.64. The Balaban J connectivity index is 3.10. The highest BCUT2D eigenvalue weighted by Gasteiger charge is 2.21. The standard InChI is InChI=1S/C14H19BrO2/c1-9-6-11(8-15)7-10(2)12(9)13(16)17-14(3,4)5/h6-7H,8H2,1-5H3. The first kappa shape index (κ1) is 14.2. The van der Waals surface area contributed by atoms with E-state index in [0.717, 1.165) is 16.5 Å². The lowest BCUT2D eigenvalue weighted by molar-refractivity contribution is 0.00680. The van der Waals surface area contributed by atoms with Gasteiger partial charge >= 0.3 is 5.97 Å². The number of hydrogen-bond acceptors (Lipinski definition) is 2. The van der Waals surface area contributed by atoms with Crippen molar-refractivity contribution in [1.82, 2.24) is 0 Å². The van der Waals surface area contributed by atoms with Crippen molar-refractivity contribution >= 4 is 21.9 Å². The fourth-order valence-corrected chi connectivity index (χ4v) is 2.11. The maximum atomic E-state index is 12.1. The van der Waals surface area contributed by atoms with Gasteiger partial charge in [-0.2, -0.15) is 0 Å². The normalized spacial score (nSPS) is 11.4. The molecule has 0 N–H and O–H groups in total. The predicted molar refractivity (Wildman–Crippen MR) is 73.7 cm³/mol. The summed E-state index contributed by atoms with van der Waals surface area (Å²) in [5.41, 5.74) is 3.34. The molecule has 1 aromatic rings. The van der Waals surface area contributed by atoms with Crippen LogP contribution in [0.1, 0.15) is 47.8 Å². The fraction of sp³-hybridized carbons (Fsp3) is 0.500. The van der Waals surface area contributed by atoms with E-state index < -0.39 is 5.60 Å². The number of carbonyl (C=O) groups is 1. The van der Waals surface area contributed by atoms with Crippen molar-refractivity contribution in [3.05, 3.63) is 34.4 Å². The van der Waals surface area contributed by atoms with E-state index in [1.54, 1.807) is 0 Å². The average Bonchev–Trinajstić information content (AvgIpc) is 2.13. The highest BCUT2D eigenvalue weighted by Crippen LogP contribution is 2.21. The summed E-state index contributed by atoms with van der Waals surface area (Å²) in [6.45, 7) is 9.52. The van der Waals surface area contributed by atoms with Gasteiger partial charge in [0.2, 0.25) is 0 Å². The van der Waals surface area contributed by atoms with Gasteiger partial charge in [-0.15, -0.1) is 0 Å². The van der Waals surface area contributed by atoms with Crippen LogP contribution in [0, 0.1) is 13.8 Å². The molecule has 1 rings (SSSR count). The quantitative estimate of drug-likeness (QED) is 0.605. The van der Waals surface area contributed by atoms with Gasteiger partial charge in [0, 0.05) is 5.33 Å². The molecule has 0 heterocycles. The van der Waals surface area contributed by atoms with Crippen LogP contribution in [0.15, 0.2) is 12.1 Å². The molecule has 0 aromatic heterocycles. The first-order chi connectivity index (χ1) is 7.74. The van der Waals surface area contributed by atoms with Crippen LogP contribution in [0.4, 0.5) is 0 Å². The molecule has 0 aliphatic carbocycles. The molecular weight excluding hydrogens is 280 g/mol. The Kier molecular flexibility index (Phi) is 4.36. The molecule has 0 aliphatic heterocycles. The molecule has 0 bridgehead atoms. The minimum atomic E-state index is -0.454. The largest absolute Gasteiger partial charge is 0.456 e. The van der Waals surface area contributed by atoms with Gasteiger partial charge in [0.1, 0.15) is 5.60 Å². The van der Waals surface area contributed by atoms with E-state index in [-0.39, 0.29) is 5.97 Å². The van der Waals surface area contributed by atoms with E-state index in [9.17, 15) is 4.79 Å². The second kappa shape index (κ2) is 5.21. The molecule has 3 heteroatoms. The molecule has 1 aromatic carbocycles.